The second-order valence-corrected chi connectivity index (χ2v) is 11.5. The van der Waals surface area contributed by atoms with E-state index < -0.39 is 18.3 Å². The first-order valence-electron chi connectivity index (χ1n) is 15.0. The third kappa shape index (κ3) is 6.60. The summed E-state index contributed by atoms with van der Waals surface area (Å²) in [6.45, 7) is 7.63. The van der Waals surface area contributed by atoms with Crippen molar-refractivity contribution in [2.24, 2.45) is 5.73 Å². The van der Waals surface area contributed by atoms with Crippen molar-refractivity contribution in [3.8, 4) is 23.2 Å². The first-order chi connectivity index (χ1) is 21.4. The molecule has 0 spiro atoms. The van der Waals surface area contributed by atoms with E-state index >= 15 is 0 Å². The third-order valence-corrected chi connectivity index (χ3v) is 8.43. The zero-order chi connectivity index (χ0) is 30.6. The number of ether oxygens (including phenoxy) is 2. The standard InChI is InChI=1S/C32H37FN8O3/c1-21(35)32(42)41-11-9-29(27(33)18-41)44-28-7-2-22(16-23(28)17-34)31-36-10-8-30(38-31)37-24-3-5-25(6-4-24)39-12-14-40(15-13-39)26-19-43-20-26/h2-8,10,16,21,26-27,29H,9,11-15,18-20,35H2,1H3,(H,36,37,38)/t21-,27+,29-/m0/s1. The van der Waals surface area contributed by atoms with E-state index in [0.717, 1.165) is 45.1 Å². The lowest BCUT2D eigenvalue weighted by molar-refractivity contribution is -0.136. The number of amides is 1. The van der Waals surface area contributed by atoms with Crippen LogP contribution in [-0.2, 0) is 9.53 Å². The number of hydrogen-bond donors (Lipinski definition) is 2. The largest absolute Gasteiger partial charge is 0.486 e. The van der Waals surface area contributed by atoms with Gasteiger partial charge in [0, 0.05) is 62.3 Å². The molecule has 1 amide bonds. The Hall–Kier alpha value is -4.31. The van der Waals surface area contributed by atoms with Crippen molar-refractivity contribution >= 4 is 23.1 Å². The molecule has 0 radical (unpaired) electrons. The summed E-state index contributed by atoms with van der Waals surface area (Å²) in [5.74, 6) is 1.05. The Bertz CT molecular complexity index is 1500. The summed E-state index contributed by atoms with van der Waals surface area (Å²) in [5, 5.41) is 13.2. The Labute approximate surface area is 256 Å². The summed E-state index contributed by atoms with van der Waals surface area (Å²) in [4.78, 5) is 27.5. The van der Waals surface area contributed by atoms with Crippen LogP contribution in [0.4, 0.5) is 21.6 Å². The minimum Gasteiger partial charge on any atom is -0.486 e. The van der Waals surface area contributed by atoms with E-state index in [2.05, 4.69) is 43.3 Å². The molecule has 3 saturated heterocycles. The van der Waals surface area contributed by atoms with Gasteiger partial charge in [-0.05, 0) is 55.5 Å². The van der Waals surface area contributed by atoms with E-state index in [9.17, 15) is 14.4 Å². The fourth-order valence-corrected chi connectivity index (χ4v) is 5.78. The minimum atomic E-state index is -1.39. The fraction of sp³-hybridized carbons (Fsp3) is 0.438. The molecule has 2 aromatic carbocycles. The number of aromatic nitrogens is 2. The second-order valence-electron chi connectivity index (χ2n) is 11.5. The maximum Gasteiger partial charge on any atom is 0.239 e. The van der Waals surface area contributed by atoms with Crippen LogP contribution in [0.25, 0.3) is 11.4 Å². The molecule has 3 aliphatic heterocycles. The molecular weight excluding hydrogens is 563 g/mol. The number of benzene rings is 2. The van der Waals surface area contributed by atoms with Gasteiger partial charge in [-0.25, -0.2) is 14.4 Å². The molecule has 6 rings (SSSR count). The number of anilines is 3. The van der Waals surface area contributed by atoms with Gasteiger partial charge in [0.05, 0.1) is 37.4 Å². The quantitative estimate of drug-likeness (QED) is 0.398. The molecular formula is C32H37FN8O3. The molecule has 3 fully saturated rings. The molecule has 0 bridgehead atoms. The Morgan fingerprint density at radius 1 is 1.14 bits per heavy atom. The van der Waals surface area contributed by atoms with Crippen LogP contribution in [0, 0.1) is 11.3 Å². The smallest absolute Gasteiger partial charge is 0.239 e. The predicted octanol–water partition coefficient (Wildman–Crippen LogP) is 2.94. The van der Waals surface area contributed by atoms with Crippen molar-refractivity contribution in [3.63, 3.8) is 0 Å². The topological polar surface area (TPSA) is 133 Å². The number of alkyl halides is 1. The van der Waals surface area contributed by atoms with Crippen LogP contribution in [0.15, 0.2) is 54.7 Å². The SMILES string of the molecule is C[C@H](N)C(=O)N1CC[C@H](Oc2ccc(-c3nccc(Nc4ccc(N5CCN(C6COC6)CC5)cc4)n3)cc2C#N)[C@H](F)C1. The van der Waals surface area contributed by atoms with Crippen molar-refractivity contribution in [1.29, 1.82) is 5.26 Å². The lowest BCUT2D eigenvalue weighted by Gasteiger charge is -2.43. The minimum absolute atomic E-state index is 0.0884. The van der Waals surface area contributed by atoms with Gasteiger partial charge in [-0.15, -0.1) is 0 Å². The van der Waals surface area contributed by atoms with Crippen LogP contribution >= 0.6 is 0 Å². The van der Waals surface area contributed by atoms with Gasteiger partial charge in [-0.2, -0.15) is 5.26 Å². The number of piperazine rings is 1. The summed E-state index contributed by atoms with van der Waals surface area (Å²) < 4.78 is 26.2. The maximum absolute atomic E-state index is 14.9. The van der Waals surface area contributed by atoms with Gasteiger partial charge in [0.15, 0.2) is 12.0 Å². The van der Waals surface area contributed by atoms with E-state index in [0.29, 0.717) is 36.2 Å². The first kappa shape index (κ1) is 29.7. The number of likely N-dealkylation sites (tertiary alicyclic amines) is 1. The molecule has 0 unspecified atom stereocenters. The van der Waals surface area contributed by atoms with E-state index in [1.807, 2.05) is 12.1 Å². The van der Waals surface area contributed by atoms with Gasteiger partial charge in [-0.1, -0.05) is 0 Å². The van der Waals surface area contributed by atoms with E-state index in [4.69, 9.17) is 15.2 Å². The molecule has 230 valence electrons. The highest BCUT2D eigenvalue weighted by Crippen LogP contribution is 2.29. The highest BCUT2D eigenvalue weighted by molar-refractivity contribution is 5.81. The van der Waals surface area contributed by atoms with Crippen LogP contribution in [-0.4, -0.2) is 103 Å². The number of carbonyl (C=O) groups excluding carboxylic acids is 1. The van der Waals surface area contributed by atoms with Crippen molar-refractivity contribution in [2.45, 2.75) is 37.7 Å². The average molecular weight is 601 g/mol. The molecule has 3 aliphatic rings. The number of rotatable bonds is 8. The molecule has 44 heavy (non-hydrogen) atoms. The molecule has 11 nitrogen and oxygen atoms in total. The zero-order valence-electron chi connectivity index (χ0n) is 24.7. The summed E-state index contributed by atoms with van der Waals surface area (Å²) in [7, 11) is 0. The van der Waals surface area contributed by atoms with Gasteiger partial charge >= 0.3 is 0 Å². The predicted molar refractivity (Wildman–Crippen MR) is 164 cm³/mol. The number of nitrogens with two attached hydrogens (primary N) is 1. The number of piperidine rings is 1. The van der Waals surface area contributed by atoms with Gasteiger partial charge in [0.25, 0.3) is 0 Å². The highest BCUT2D eigenvalue weighted by atomic mass is 19.1. The highest BCUT2D eigenvalue weighted by Gasteiger charge is 2.34. The second kappa shape index (κ2) is 13.1. The van der Waals surface area contributed by atoms with E-state index in [-0.39, 0.29) is 23.8 Å². The summed E-state index contributed by atoms with van der Waals surface area (Å²) >= 11 is 0. The number of halogens is 1. The van der Waals surface area contributed by atoms with Gasteiger partial charge in [-0.3, -0.25) is 9.69 Å². The number of nitrogens with zero attached hydrogens (tertiary/aromatic N) is 6. The normalized spacial score (nSPS) is 21.7. The summed E-state index contributed by atoms with van der Waals surface area (Å²) in [6.07, 6.45) is -0.202. The maximum atomic E-state index is 14.9. The Balaban J connectivity index is 1.07. The molecule has 0 aliphatic carbocycles. The van der Waals surface area contributed by atoms with Crippen LogP contribution in [0.1, 0.15) is 18.9 Å². The Morgan fingerprint density at radius 2 is 1.91 bits per heavy atom. The molecule has 1 aromatic heterocycles. The lowest BCUT2D eigenvalue weighted by Crippen LogP contribution is -2.56. The van der Waals surface area contributed by atoms with Gasteiger partial charge < -0.3 is 30.3 Å². The van der Waals surface area contributed by atoms with Crippen LogP contribution in [0.2, 0.25) is 0 Å². The molecule has 3 aromatic rings. The van der Waals surface area contributed by atoms with Gasteiger partial charge in [0.2, 0.25) is 5.91 Å². The summed E-state index contributed by atoms with van der Waals surface area (Å²) in [5.41, 5.74) is 8.65. The van der Waals surface area contributed by atoms with Crippen LogP contribution in [0.3, 0.4) is 0 Å². The van der Waals surface area contributed by atoms with Crippen molar-refractivity contribution in [2.75, 3.05) is 62.7 Å². The monoisotopic (exact) mass is 600 g/mol. The summed E-state index contributed by atoms with van der Waals surface area (Å²) in [6, 6.07) is 17.2. The third-order valence-electron chi connectivity index (χ3n) is 8.43. The number of nitrogens with one attached hydrogen (secondary N) is 1. The van der Waals surface area contributed by atoms with Crippen molar-refractivity contribution in [1.82, 2.24) is 19.8 Å². The van der Waals surface area contributed by atoms with Gasteiger partial charge in [0.1, 0.15) is 23.7 Å². The molecule has 12 heteroatoms. The molecule has 4 heterocycles. The number of hydrogen-bond acceptors (Lipinski definition) is 10. The number of carbonyl (C=O) groups is 1. The van der Waals surface area contributed by atoms with Crippen LogP contribution in [0.5, 0.6) is 5.75 Å². The number of nitriles is 1. The lowest BCUT2D eigenvalue weighted by atomic mass is 10.0. The van der Waals surface area contributed by atoms with Crippen LogP contribution < -0.4 is 20.7 Å². The zero-order valence-corrected chi connectivity index (χ0v) is 24.7. The average Bonchev–Trinajstić information content (AvgIpc) is 3.02. The Morgan fingerprint density at radius 3 is 2.57 bits per heavy atom. The van der Waals surface area contributed by atoms with E-state index in [1.54, 1.807) is 37.4 Å². The fourth-order valence-electron chi connectivity index (χ4n) is 5.78. The molecule has 3 atom stereocenters. The Kier molecular flexibility index (Phi) is 8.88. The molecule has 3 N–H and O–H groups in total. The first-order valence-corrected chi connectivity index (χ1v) is 15.0. The van der Waals surface area contributed by atoms with Crippen molar-refractivity contribution in [3.05, 3.63) is 60.3 Å². The van der Waals surface area contributed by atoms with E-state index in [1.165, 1.54) is 10.6 Å². The molecule has 0 saturated carbocycles. The van der Waals surface area contributed by atoms with Crippen molar-refractivity contribution < 1.29 is 18.7 Å².